The fourth-order valence-electron chi connectivity index (χ4n) is 12.5. The van der Waals surface area contributed by atoms with Crippen LogP contribution in [-0.4, -0.2) is 0 Å². The van der Waals surface area contributed by atoms with E-state index in [1.54, 1.807) is 0 Å². The molecule has 10 aromatic rings. The molecule has 0 radical (unpaired) electrons. The van der Waals surface area contributed by atoms with Crippen LogP contribution in [0, 0.1) is 0 Å². The van der Waals surface area contributed by atoms with Crippen molar-refractivity contribution in [2.24, 2.45) is 0 Å². The number of benzene rings is 10. The average molecular weight is 913 g/mol. The lowest BCUT2D eigenvalue weighted by molar-refractivity contribution is 0.652. The number of rotatable bonds is 8. The van der Waals surface area contributed by atoms with Crippen LogP contribution in [0.3, 0.4) is 0 Å². The molecule has 0 heterocycles. The molecule has 13 rings (SSSR count). The number of anilines is 6. The van der Waals surface area contributed by atoms with Crippen molar-refractivity contribution in [2.45, 2.75) is 57.8 Å². The van der Waals surface area contributed by atoms with Crippen molar-refractivity contribution in [2.75, 3.05) is 9.80 Å². The van der Waals surface area contributed by atoms with Gasteiger partial charge in [-0.15, -0.1) is 0 Å². The lowest BCUT2D eigenvalue weighted by Crippen LogP contribution is -2.17. The Balaban J connectivity index is 0.930. The highest BCUT2D eigenvalue weighted by Gasteiger charge is 2.44. The summed E-state index contributed by atoms with van der Waals surface area (Å²) in [5.41, 5.74) is 27.3. The first-order chi connectivity index (χ1) is 34.5. The quantitative estimate of drug-likeness (QED) is 0.150. The lowest BCUT2D eigenvalue weighted by atomic mass is 9.79. The summed E-state index contributed by atoms with van der Waals surface area (Å²) >= 11 is 0. The summed E-state index contributed by atoms with van der Waals surface area (Å²) < 4.78 is 0. The van der Waals surface area contributed by atoms with Crippen LogP contribution in [0.2, 0.25) is 0 Å². The van der Waals surface area contributed by atoms with Gasteiger partial charge in [0, 0.05) is 50.2 Å². The van der Waals surface area contributed by atoms with Gasteiger partial charge < -0.3 is 9.80 Å². The Morgan fingerprint density at radius 3 is 1.21 bits per heavy atom. The maximum Gasteiger partial charge on any atom is 0.0543 e. The molecule has 2 nitrogen and oxygen atoms in total. The zero-order valence-corrected chi connectivity index (χ0v) is 41.3. The monoisotopic (exact) mass is 912 g/mol. The van der Waals surface area contributed by atoms with Crippen molar-refractivity contribution in [3.8, 4) is 55.6 Å². The molecular formula is C69H56N2. The van der Waals surface area contributed by atoms with Crippen molar-refractivity contribution in [3.63, 3.8) is 0 Å². The van der Waals surface area contributed by atoms with E-state index in [0.29, 0.717) is 0 Å². The molecule has 0 bridgehead atoms. The lowest BCUT2D eigenvalue weighted by Gasteiger charge is -2.30. The Morgan fingerprint density at radius 2 is 0.620 bits per heavy atom. The second kappa shape index (κ2) is 15.9. The maximum atomic E-state index is 2.56. The molecule has 3 aliphatic carbocycles. The number of fused-ring (bicyclic) bond motifs is 9. The predicted molar refractivity (Wildman–Crippen MR) is 299 cm³/mol. The van der Waals surface area contributed by atoms with Gasteiger partial charge in [-0.2, -0.15) is 0 Å². The van der Waals surface area contributed by atoms with Gasteiger partial charge in [0.2, 0.25) is 0 Å². The van der Waals surface area contributed by atoms with E-state index in [1.165, 1.54) is 100 Å². The topological polar surface area (TPSA) is 6.48 Å². The Hall–Kier alpha value is -8.20. The second-order valence-electron chi connectivity index (χ2n) is 21.4. The van der Waals surface area contributed by atoms with E-state index in [9.17, 15) is 0 Å². The summed E-state index contributed by atoms with van der Waals surface area (Å²) in [4.78, 5) is 4.93. The largest absolute Gasteiger partial charge is 0.310 e. The van der Waals surface area contributed by atoms with E-state index in [1.807, 2.05) is 0 Å². The molecule has 10 aromatic carbocycles. The van der Waals surface area contributed by atoms with Gasteiger partial charge in [-0.05, 0) is 162 Å². The fraction of sp³-hybridized carbons (Fsp3) is 0.130. The standard InChI is InChI=1S/C69H56N2/c1-67(2)59-26-17-16-25-54(59)55-39-38-53(42-61(55)67)71(49-23-14-9-15-24-49)65-28-18-27-60-66(65)58-44-63-57(43-64(58)68(60,3)4)56-40-37-52(41-62(56)69(63,5)6)70(50-33-29-47(30-34-50)45-19-10-7-11-20-45)51-35-31-48(32-36-51)46-21-12-8-13-22-46/h7-44H,1-6H3. The number of para-hydroxylation sites is 1. The summed E-state index contributed by atoms with van der Waals surface area (Å²) in [5.74, 6) is 0. The molecule has 0 aliphatic heterocycles. The minimum absolute atomic E-state index is 0.116. The molecule has 0 saturated carbocycles. The molecule has 0 amide bonds. The minimum Gasteiger partial charge on any atom is -0.310 e. The Morgan fingerprint density at radius 1 is 0.239 bits per heavy atom. The molecule has 2 heteroatoms. The molecule has 0 spiro atoms. The molecule has 71 heavy (non-hydrogen) atoms. The Labute approximate surface area is 419 Å². The normalized spacial score (nSPS) is 14.7. The van der Waals surface area contributed by atoms with Crippen molar-refractivity contribution < 1.29 is 0 Å². The van der Waals surface area contributed by atoms with E-state index in [0.717, 1.165) is 22.7 Å². The summed E-state index contributed by atoms with van der Waals surface area (Å²) in [6.45, 7) is 14.4. The zero-order chi connectivity index (χ0) is 48.2. The third-order valence-electron chi connectivity index (χ3n) is 16.3. The highest BCUT2D eigenvalue weighted by Crippen LogP contribution is 2.60. The Kier molecular flexibility index (Phi) is 9.61. The molecule has 3 aliphatic rings. The van der Waals surface area contributed by atoms with Gasteiger partial charge in [0.1, 0.15) is 0 Å². The minimum atomic E-state index is -0.267. The van der Waals surface area contributed by atoms with Gasteiger partial charge >= 0.3 is 0 Å². The van der Waals surface area contributed by atoms with Crippen LogP contribution in [-0.2, 0) is 16.2 Å². The zero-order valence-electron chi connectivity index (χ0n) is 41.3. The van der Waals surface area contributed by atoms with E-state index in [2.05, 4.69) is 282 Å². The van der Waals surface area contributed by atoms with Crippen LogP contribution in [0.4, 0.5) is 34.1 Å². The first-order valence-electron chi connectivity index (χ1n) is 25.2. The molecule has 0 atom stereocenters. The fourth-order valence-corrected chi connectivity index (χ4v) is 12.5. The van der Waals surface area contributed by atoms with Crippen molar-refractivity contribution in [1.82, 2.24) is 0 Å². The first-order valence-corrected chi connectivity index (χ1v) is 25.2. The number of hydrogen-bond acceptors (Lipinski definition) is 2. The Bertz CT molecular complexity index is 3610. The van der Waals surface area contributed by atoms with Crippen LogP contribution in [0.25, 0.3) is 55.6 Å². The third-order valence-corrected chi connectivity index (χ3v) is 16.3. The van der Waals surface area contributed by atoms with Crippen LogP contribution in [0.5, 0.6) is 0 Å². The van der Waals surface area contributed by atoms with Gasteiger partial charge in [-0.3, -0.25) is 0 Å². The van der Waals surface area contributed by atoms with E-state index in [-0.39, 0.29) is 16.2 Å². The molecule has 0 saturated heterocycles. The van der Waals surface area contributed by atoms with Crippen molar-refractivity contribution in [1.29, 1.82) is 0 Å². The summed E-state index contributed by atoms with van der Waals surface area (Å²) in [7, 11) is 0. The average Bonchev–Trinajstić information content (AvgIpc) is 3.89. The third kappa shape index (κ3) is 6.61. The predicted octanol–water partition coefficient (Wildman–Crippen LogP) is 18.9. The van der Waals surface area contributed by atoms with Crippen LogP contribution in [0.15, 0.2) is 231 Å². The molecule has 0 aromatic heterocycles. The van der Waals surface area contributed by atoms with Crippen LogP contribution < -0.4 is 9.80 Å². The maximum absolute atomic E-state index is 2.56. The van der Waals surface area contributed by atoms with Crippen LogP contribution >= 0.6 is 0 Å². The number of nitrogens with zero attached hydrogens (tertiary/aromatic N) is 2. The summed E-state index contributed by atoms with van der Waals surface area (Å²) in [6, 6.07) is 85.7. The van der Waals surface area contributed by atoms with Gasteiger partial charge in [0.05, 0.1) is 5.69 Å². The van der Waals surface area contributed by atoms with Gasteiger partial charge in [0.25, 0.3) is 0 Å². The van der Waals surface area contributed by atoms with Gasteiger partial charge in [-0.25, -0.2) is 0 Å². The molecule has 0 unspecified atom stereocenters. The highest BCUT2D eigenvalue weighted by atomic mass is 15.1. The van der Waals surface area contributed by atoms with E-state index >= 15 is 0 Å². The van der Waals surface area contributed by atoms with Crippen molar-refractivity contribution >= 4 is 34.1 Å². The molecule has 0 N–H and O–H groups in total. The number of hydrogen-bond donors (Lipinski definition) is 0. The van der Waals surface area contributed by atoms with Gasteiger partial charge in [-0.1, -0.05) is 193 Å². The van der Waals surface area contributed by atoms with E-state index in [4.69, 9.17) is 0 Å². The SMILES string of the molecule is CC1(C)c2ccccc2-c2ccc(N(c3ccccc3)c3cccc4c3-c3cc5c(cc3C4(C)C)-c3ccc(N(c4ccc(-c6ccccc6)cc4)c4ccc(-c6ccccc6)cc4)cc3C5(C)C)cc21. The first kappa shape index (κ1) is 42.9. The van der Waals surface area contributed by atoms with Crippen LogP contribution in [0.1, 0.15) is 74.9 Å². The molecule has 342 valence electrons. The molecular weight excluding hydrogens is 857 g/mol. The smallest absolute Gasteiger partial charge is 0.0543 e. The second-order valence-corrected chi connectivity index (χ2v) is 21.4. The van der Waals surface area contributed by atoms with E-state index < -0.39 is 0 Å². The summed E-state index contributed by atoms with van der Waals surface area (Å²) in [5, 5.41) is 0. The summed E-state index contributed by atoms with van der Waals surface area (Å²) in [6.07, 6.45) is 0. The molecule has 0 fully saturated rings. The van der Waals surface area contributed by atoms with Gasteiger partial charge in [0.15, 0.2) is 0 Å². The highest BCUT2D eigenvalue weighted by molar-refractivity contribution is 5.98. The van der Waals surface area contributed by atoms with Crippen molar-refractivity contribution in [3.05, 3.63) is 264 Å².